The number of nitrogens with two attached hydrogens (primary N) is 1. The first-order chi connectivity index (χ1) is 7.43. The minimum atomic E-state index is -0.307. The Morgan fingerprint density at radius 3 is 2.62 bits per heavy atom. The van der Waals surface area contributed by atoms with Gasteiger partial charge in [-0.1, -0.05) is 13.0 Å². The normalized spacial score (nSPS) is 12.3. The molecule has 1 heterocycles. The van der Waals surface area contributed by atoms with Crippen LogP contribution in [-0.2, 0) is 19.0 Å². The molecule has 0 aliphatic heterocycles. The first kappa shape index (κ1) is 11.1. The lowest BCUT2D eigenvalue weighted by Gasteiger charge is -2.18. The predicted octanol–water partition coefficient (Wildman–Crippen LogP) is 2.33. The highest BCUT2D eigenvalue weighted by molar-refractivity contribution is 5.77. The molecule has 0 spiro atoms. The summed E-state index contributed by atoms with van der Waals surface area (Å²) in [6.45, 7) is 6.14. The topological polar surface area (TPSA) is 43.8 Å². The van der Waals surface area contributed by atoms with Crippen molar-refractivity contribution in [3.8, 4) is 0 Å². The Balaban J connectivity index is 2.64. The van der Waals surface area contributed by atoms with Gasteiger partial charge in [0.2, 0.25) is 0 Å². The lowest BCUT2D eigenvalue weighted by molar-refractivity contribution is 0.555. The molecule has 1 aromatic heterocycles. The first-order valence-corrected chi connectivity index (χ1v) is 5.68. The van der Waals surface area contributed by atoms with Gasteiger partial charge in [-0.15, -0.1) is 0 Å². The van der Waals surface area contributed by atoms with E-state index in [0.29, 0.717) is 0 Å². The molecule has 86 valence electrons. The van der Waals surface area contributed by atoms with E-state index in [1.165, 1.54) is 5.52 Å². The average Bonchev–Trinajstić information content (AvgIpc) is 2.54. The SMILES string of the molecule is CCc1nc2cc(C(C)(C)N)ccc2n1C. The highest BCUT2D eigenvalue weighted by Crippen LogP contribution is 2.22. The van der Waals surface area contributed by atoms with Crippen LogP contribution >= 0.6 is 0 Å². The fourth-order valence-corrected chi connectivity index (χ4v) is 1.97. The van der Waals surface area contributed by atoms with Gasteiger partial charge in [0.25, 0.3) is 0 Å². The second-order valence-corrected chi connectivity index (χ2v) is 4.87. The van der Waals surface area contributed by atoms with Gasteiger partial charge in [-0.25, -0.2) is 4.98 Å². The van der Waals surface area contributed by atoms with Gasteiger partial charge in [0, 0.05) is 19.0 Å². The molecule has 0 unspecified atom stereocenters. The molecule has 16 heavy (non-hydrogen) atoms. The van der Waals surface area contributed by atoms with E-state index in [-0.39, 0.29) is 5.54 Å². The fourth-order valence-electron chi connectivity index (χ4n) is 1.97. The van der Waals surface area contributed by atoms with E-state index in [9.17, 15) is 0 Å². The molecule has 1 aromatic carbocycles. The number of aryl methyl sites for hydroxylation is 2. The molecule has 3 heteroatoms. The van der Waals surface area contributed by atoms with Crippen LogP contribution in [0.4, 0.5) is 0 Å². The highest BCUT2D eigenvalue weighted by Gasteiger charge is 2.15. The van der Waals surface area contributed by atoms with Gasteiger partial charge in [0.15, 0.2) is 0 Å². The van der Waals surface area contributed by atoms with Crippen LogP contribution in [0, 0.1) is 0 Å². The Kier molecular flexibility index (Phi) is 2.50. The number of hydrogen-bond acceptors (Lipinski definition) is 2. The van der Waals surface area contributed by atoms with E-state index in [2.05, 4.69) is 41.7 Å². The van der Waals surface area contributed by atoms with Gasteiger partial charge in [0.1, 0.15) is 5.82 Å². The average molecular weight is 217 g/mol. The minimum Gasteiger partial charge on any atom is -0.331 e. The zero-order valence-electron chi connectivity index (χ0n) is 10.4. The number of rotatable bonds is 2. The third-order valence-corrected chi connectivity index (χ3v) is 3.03. The Morgan fingerprint density at radius 2 is 2.06 bits per heavy atom. The molecule has 0 atom stereocenters. The molecule has 2 N–H and O–H groups in total. The van der Waals surface area contributed by atoms with E-state index < -0.39 is 0 Å². The number of imidazole rings is 1. The zero-order valence-corrected chi connectivity index (χ0v) is 10.4. The van der Waals surface area contributed by atoms with Gasteiger partial charge in [-0.3, -0.25) is 0 Å². The first-order valence-electron chi connectivity index (χ1n) is 5.68. The van der Waals surface area contributed by atoms with Crippen LogP contribution in [-0.4, -0.2) is 9.55 Å². The standard InChI is InChI=1S/C13H19N3/c1-5-12-15-10-8-9(13(2,3)14)6-7-11(10)16(12)4/h6-8H,5,14H2,1-4H3. The maximum Gasteiger partial charge on any atom is 0.109 e. The number of benzene rings is 1. The summed E-state index contributed by atoms with van der Waals surface area (Å²) in [6, 6.07) is 6.28. The molecular weight excluding hydrogens is 198 g/mol. The van der Waals surface area contributed by atoms with Crippen molar-refractivity contribution in [3.05, 3.63) is 29.6 Å². The molecule has 0 aliphatic carbocycles. The molecule has 0 radical (unpaired) electrons. The van der Waals surface area contributed by atoms with Crippen molar-refractivity contribution in [3.63, 3.8) is 0 Å². The number of nitrogens with zero attached hydrogens (tertiary/aromatic N) is 2. The van der Waals surface area contributed by atoms with Crippen molar-refractivity contribution in [2.45, 2.75) is 32.7 Å². The largest absolute Gasteiger partial charge is 0.331 e. The number of hydrogen-bond donors (Lipinski definition) is 1. The van der Waals surface area contributed by atoms with Gasteiger partial charge < -0.3 is 10.3 Å². The molecule has 0 amide bonds. The predicted molar refractivity (Wildman–Crippen MR) is 67.3 cm³/mol. The van der Waals surface area contributed by atoms with E-state index in [1.54, 1.807) is 0 Å². The summed E-state index contributed by atoms with van der Waals surface area (Å²) in [5.74, 6) is 1.11. The summed E-state index contributed by atoms with van der Waals surface area (Å²) in [5.41, 5.74) is 9.12. The second kappa shape index (κ2) is 3.59. The third kappa shape index (κ3) is 1.71. The number of aromatic nitrogens is 2. The molecule has 0 bridgehead atoms. The molecule has 3 nitrogen and oxygen atoms in total. The molecule has 2 aromatic rings. The fraction of sp³-hybridized carbons (Fsp3) is 0.462. The molecule has 2 rings (SSSR count). The van der Waals surface area contributed by atoms with Crippen LogP contribution in [0.25, 0.3) is 11.0 Å². The lowest BCUT2D eigenvalue weighted by Crippen LogP contribution is -2.28. The van der Waals surface area contributed by atoms with Crippen LogP contribution in [0.5, 0.6) is 0 Å². The number of fused-ring (bicyclic) bond motifs is 1. The summed E-state index contributed by atoms with van der Waals surface area (Å²) in [7, 11) is 2.06. The van der Waals surface area contributed by atoms with Crippen LogP contribution in [0.3, 0.4) is 0 Å². The van der Waals surface area contributed by atoms with Crippen molar-refractivity contribution in [2.75, 3.05) is 0 Å². The molecule has 0 fully saturated rings. The Labute approximate surface area is 96.3 Å². The quantitative estimate of drug-likeness (QED) is 0.839. The summed E-state index contributed by atoms with van der Waals surface area (Å²) in [6.07, 6.45) is 0.951. The van der Waals surface area contributed by atoms with Gasteiger partial charge >= 0.3 is 0 Å². The van der Waals surface area contributed by atoms with Crippen LogP contribution in [0.1, 0.15) is 32.2 Å². The van der Waals surface area contributed by atoms with Crippen molar-refractivity contribution in [1.82, 2.24) is 9.55 Å². The summed E-state index contributed by atoms with van der Waals surface area (Å²) in [4.78, 5) is 4.61. The second-order valence-electron chi connectivity index (χ2n) is 4.87. The van der Waals surface area contributed by atoms with E-state index in [0.717, 1.165) is 23.3 Å². The summed E-state index contributed by atoms with van der Waals surface area (Å²) in [5, 5.41) is 0. The Bertz CT molecular complexity index is 518. The summed E-state index contributed by atoms with van der Waals surface area (Å²) < 4.78 is 2.14. The van der Waals surface area contributed by atoms with Crippen LogP contribution in [0.15, 0.2) is 18.2 Å². The lowest BCUT2D eigenvalue weighted by atomic mass is 9.95. The Hall–Kier alpha value is -1.35. The smallest absolute Gasteiger partial charge is 0.109 e. The monoisotopic (exact) mass is 217 g/mol. The van der Waals surface area contributed by atoms with Crippen molar-refractivity contribution in [1.29, 1.82) is 0 Å². The van der Waals surface area contributed by atoms with Gasteiger partial charge in [-0.2, -0.15) is 0 Å². The van der Waals surface area contributed by atoms with E-state index >= 15 is 0 Å². The minimum absolute atomic E-state index is 0.307. The maximum atomic E-state index is 6.09. The highest BCUT2D eigenvalue weighted by atomic mass is 15.1. The van der Waals surface area contributed by atoms with Crippen molar-refractivity contribution >= 4 is 11.0 Å². The van der Waals surface area contributed by atoms with Gasteiger partial charge in [-0.05, 0) is 31.5 Å². The summed E-state index contributed by atoms with van der Waals surface area (Å²) >= 11 is 0. The van der Waals surface area contributed by atoms with Crippen molar-refractivity contribution < 1.29 is 0 Å². The van der Waals surface area contributed by atoms with Crippen molar-refractivity contribution in [2.24, 2.45) is 12.8 Å². The van der Waals surface area contributed by atoms with Crippen LogP contribution < -0.4 is 5.73 Å². The molecule has 0 saturated carbocycles. The molecule has 0 saturated heterocycles. The van der Waals surface area contributed by atoms with Crippen LogP contribution in [0.2, 0.25) is 0 Å². The van der Waals surface area contributed by atoms with E-state index in [4.69, 9.17) is 5.73 Å². The zero-order chi connectivity index (χ0) is 11.9. The molecule has 0 aliphatic rings. The maximum absolute atomic E-state index is 6.09. The van der Waals surface area contributed by atoms with E-state index in [1.807, 2.05) is 13.8 Å². The van der Waals surface area contributed by atoms with Gasteiger partial charge in [0.05, 0.1) is 11.0 Å². The molecular formula is C13H19N3. The Morgan fingerprint density at radius 1 is 1.38 bits per heavy atom. The third-order valence-electron chi connectivity index (χ3n) is 3.03.